The first kappa shape index (κ1) is 21.0. The van der Waals surface area contributed by atoms with Crippen LogP contribution >= 0.6 is 0 Å². The highest BCUT2D eigenvalue weighted by molar-refractivity contribution is 5.91. The third-order valence-electron chi connectivity index (χ3n) is 5.98. The maximum atomic E-state index is 12.5. The smallest absolute Gasteiger partial charge is 0.334 e. The highest BCUT2D eigenvalue weighted by Crippen LogP contribution is 2.50. The van der Waals surface area contributed by atoms with Crippen molar-refractivity contribution in [1.29, 1.82) is 0 Å². The quantitative estimate of drug-likeness (QED) is 0.439. The van der Waals surface area contributed by atoms with Crippen LogP contribution in [0.2, 0.25) is 0 Å². The molecule has 6 atom stereocenters. The minimum Gasteiger partial charge on any atom is -0.457 e. The second kappa shape index (κ2) is 7.30. The monoisotopic (exact) mass is 402 g/mol. The molecule has 1 aliphatic heterocycles. The van der Waals surface area contributed by atoms with Crippen molar-refractivity contribution in [3.8, 4) is 0 Å². The Morgan fingerprint density at radius 1 is 1.31 bits per heavy atom. The lowest BCUT2D eigenvalue weighted by molar-refractivity contribution is -0.167. The predicted molar refractivity (Wildman–Crippen MR) is 103 cm³/mol. The summed E-state index contributed by atoms with van der Waals surface area (Å²) in [6.07, 6.45) is 2.22. The molecule has 0 aromatic heterocycles. The van der Waals surface area contributed by atoms with Crippen LogP contribution in [0.25, 0.3) is 0 Å². The van der Waals surface area contributed by atoms with Gasteiger partial charge < -0.3 is 19.3 Å². The normalized spacial score (nSPS) is 36.3. The minimum absolute atomic E-state index is 0.127. The number of carbonyl (C=O) groups excluding carboxylic acids is 3. The largest absolute Gasteiger partial charge is 0.457 e. The Bertz CT molecular complexity index is 874. The van der Waals surface area contributed by atoms with Gasteiger partial charge in [0.05, 0.1) is 17.4 Å². The van der Waals surface area contributed by atoms with Crippen LogP contribution in [0.4, 0.5) is 0 Å². The summed E-state index contributed by atoms with van der Waals surface area (Å²) < 4.78 is 16.9. The second-order valence-corrected chi connectivity index (χ2v) is 7.97. The van der Waals surface area contributed by atoms with Crippen molar-refractivity contribution < 1.29 is 33.7 Å². The molecule has 7 heteroatoms. The van der Waals surface area contributed by atoms with Gasteiger partial charge in [-0.05, 0) is 38.8 Å². The van der Waals surface area contributed by atoms with Crippen molar-refractivity contribution in [3.63, 3.8) is 0 Å². The van der Waals surface area contributed by atoms with E-state index in [1.54, 1.807) is 45.9 Å². The Labute approximate surface area is 169 Å². The molecule has 29 heavy (non-hydrogen) atoms. The molecule has 0 saturated carbocycles. The second-order valence-electron chi connectivity index (χ2n) is 7.97. The summed E-state index contributed by atoms with van der Waals surface area (Å²) in [6.45, 7) is 11.8. The Kier molecular flexibility index (Phi) is 5.30. The molecule has 3 rings (SSSR count). The van der Waals surface area contributed by atoms with Crippen LogP contribution in [-0.4, -0.2) is 46.9 Å². The van der Waals surface area contributed by atoms with Crippen LogP contribution in [0.1, 0.15) is 34.6 Å². The molecule has 0 bridgehead atoms. The van der Waals surface area contributed by atoms with E-state index in [0.717, 1.165) is 0 Å². The minimum atomic E-state index is -1.29. The number of rotatable bonds is 3. The zero-order chi connectivity index (χ0) is 21.7. The summed E-state index contributed by atoms with van der Waals surface area (Å²) in [5, 5.41) is 10.9. The molecule has 3 aliphatic rings. The molecule has 2 aliphatic carbocycles. The van der Waals surface area contributed by atoms with E-state index in [0.29, 0.717) is 16.7 Å². The van der Waals surface area contributed by atoms with Gasteiger partial charge in [0.2, 0.25) is 0 Å². The molecule has 0 spiro atoms. The van der Waals surface area contributed by atoms with Crippen LogP contribution in [0.3, 0.4) is 0 Å². The van der Waals surface area contributed by atoms with Gasteiger partial charge in [-0.2, -0.15) is 0 Å². The van der Waals surface area contributed by atoms with Gasteiger partial charge in [0, 0.05) is 18.1 Å². The van der Waals surface area contributed by atoms with E-state index >= 15 is 0 Å². The molecule has 156 valence electrons. The predicted octanol–water partition coefficient (Wildman–Crippen LogP) is 2.16. The SMILES string of the molecule is C=C1C(=O)OC2C1C(OC(C)=O)C(OC(=O)C(C)=CC)C(C)=C1C=CC(C)(O)C12. The number of esters is 3. The van der Waals surface area contributed by atoms with Crippen molar-refractivity contribution in [3.05, 3.63) is 47.1 Å². The van der Waals surface area contributed by atoms with Gasteiger partial charge in [-0.3, -0.25) is 4.79 Å². The van der Waals surface area contributed by atoms with Crippen molar-refractivity contribution in [2.45, 2.75) is 58.5 Å². The summed E-state index contributed by atoms with van der Waals surface area (Å²) in [5.41, 5.74) is 0.558. The number of allylic oxidation sites excluding steroid dienone is 2. The Balaban J connectivity index is 2.18. The maximum absolute atomic E-state index is 12.5. The Hall–Kier alpha value is -2.67. The van der Waals surface area contributed by atoms with E-state index in [-0.39, 0.29) is 5.57 Å². The molecule has 1 heterocycles. The first-order chi connectivity index (χ1) is 13.5. The lowest BCUT2D eigenvalue weighted by Crippen LogP contribution is -2.46. The fourth-order valence-electron chi connectivity index (χ4n) is 4.34. The Morgan fingerprint density at radius 2 is 1.97 bits per heavy atom. The van der Waals surface area contributed by atoms with Gasteiger partial charge >= 0.3 is 17.9 Å². The highest BCUT2D eigenvalue weighted by atomic mass is 16.6. The van der Waals surface area contributed by atoms with Crippen molar-refractivity contribution >= 4 is 17.9 Å². The van der Waals surface area contributed by atoms with Crippen LogP contribution < -0.4 is 0 Å². The van der Waals surface area contributed by atoms with Gasteiger partial charge in [-0.1, -0.05) is 24.8 Å². The molecule has 1 fully saturated rings. The van der Waals surface area contributed by atoms with E-state index in [1.807, 2.05) is 0 Å². The standard InChI is InChI=1S/C22H26O7/c1-7-10(2)20(24)28-17-11(3)14-8-9-22(6,26)16(14)18-15(12(4)21(25)29-18)19(17)27-13(5)23/h7-9,15-19,26H,4H2,1-3,5-6H3. The fraction of sp³-hybridized carbons (Fsp3) is 0.500. The molecule has 0 aromatic carbocycles. The average Bonchev–Trinajstić information content (AvgIpc) is 3.08. The first-order valence-corrected chi connectivity index (χ1v) is 9.52. The fourth-order valence-corrected chi connectivity index (χ4v) is 4.34. The number of hydrogen-bond acceptors (Lipinski definition) is 7. The number of fused-ring (bicyclic) bond motifs is 3. The van der Waals surface area contributed by atoms with Crippen molar-refractivity contribution in [1.82, 2.24) is 0 Å². The number of carbonyl (C=O) groups is 3. The number of hydrogen-bond donors (Lipinski definition) is 1. The molecule has 6 unspecified atom stereocenters. The topological polar surface area (TPSA) is 99.1 Å². The zero-order valence-electron chi connectivity index (χ0n) is 17.2. The highest BCUT2D eigenvalue weighted by Gasteiger charge is 2.59. The number of ether oxygens (including phenoxy) is 3. The van der Waals surface area contributed by atoms with Gasteiger partial charge in [-0.25, -0.2) is 9.59 Å². The molecular weight excluding hydrogens is 376 g/mol. The first-order valence-electron chi connectivity index (χ1n) is 9.52. The van der Waals surface area contributed by atoms with E-state index < -0.39 is 53.7 Å². The molecule has 7 nitrogen and oxygen atoms in total. The number of aliphatic hydroxyl groups is 1. The summed E-state index contributed by atoms with van der Waals surface area (Å²) in [6, 6.07) is 0. The van der Waals surface area contributed by atoms with Gasteiger partial charge in [0.1, 0.15) is 6.10 Å². The van der Waals surface area contributed by atoms with Crippen LogP contribution in [0, 0.1) is 11.8 Å². The molecule has 1 N–H and O–H groups in total. The zero-order valence-corrected chi connectivity index (χ0v) is 17.2. The van der Waals surface area contributed by atoms with Crippen LogP contribution in [0.5, 0.6) is 0 Å². The van der Waals surface area contributed by atoms with Gasteiger partial charge in [0.25, 0.3) is 0 Å². The van der Waals surface area contributed by atoms with Gasteiger partial charge in [0.15, 0.2) is 12.2 Å². The van der Waals surface area contributed by atoms with Crippen LogP contribution in [-0.2, 0) is 28.6 Å². The van der Waals surface area contributed by atoms with Gasteiger partial charge in [-0.15, -0.1) is 0 Å². The third-order valence-corrected chi connectivity index (χ3v) is 5.98. The van der Waals surface area contributed by atoms with Crippen molar-refractivity contribution in [2.75, 3.05) is 0 Å². The van der Waals surface area contributed by atoms with E-state index in [9.17, 15) is 19.5 Å². The van der Waals surface area contributed by atoms with Crippen LogP contribution in [0.15, 0.2) is 47.1 Å². The molecule has 0 radical (unpaired) electrons. The molecular formula is C22H26O7. The molecule has 0 amide bonds. The average molecular weight is 402 g/mol. The maximum Gasteiger partial charge on any atom is 0.334 e. The Morgan fingerprint density at radius 3 is 2.55 bits per heavy atom. The lowest BCUT2D eigenvalue weighted by atomic mass is 9.78. The molecule has 0 aromatic rings. The summed E-state index contributed by atoms with van der Waals surface area (Å²) in [7, 11) is 0. The van der Waals surface area contributed by atoms with Crippen molar-refractivity contribution in [2.24, 2.45) is 11.8 Å². The third kappa shape index (κ3) is 3.44. The summed E-state index contributed by atoms with van der Waals surface area (Å²) in [5.74, 6) is -3.13. The molecule has 1 saturated heterocycles. The van der Waals surface area contributed by atoms with E-state index in [2.05, 4.69) is 6.58 Å². The van der Waals surface area contributed by atoms with E-state index in [4.69, 9.17) is 14.2 Å². The van der Waals surface area contributed by atoms with E-state index in [1.165, 1.54) is 6.92 Å². The summed E-state index contributed by atoms with van der Waals surface area (Å²) >= 11 is 0. The summed E-state index contributed by atoms with van der Waals surface area (Å²) in [4.78, 5) is 36.8. The lowest BCUT2D eigenvalue weighted by Gasteiger charge is -2.34.